The Morgan fingerprint density at radius 1 is 0.214 bits per heavy atom. The Morgan fingerprint density at radius 3 is 0.496 bits per heavy atom. The van der Waals surface area contributed by atoms with Crippen LogP contribution in [0.25, 0.3) is 0 Å². The normalized spacial score (nSPS) is 13.9. The van der Waals surface area contributed by atoms with E-state index in [4.69, 9.17) is 0 Å². The van der Waals surface area contributed by atoms with Crippen LogP contribution in [-0.2, 0) is 0 Å². The first kappa shape index (κ1) is 106. The van der Waals surface area contributed by atoms with Crippen LogP contribution >= 0.6 is 0 Å². The summed E-state index contributed by atoms with van der Waals surface area (Å²) in [5.74, 6) is 16.0. The molecular weight excluding hydrogens is 1580 g/mol. The van der Waals surface area contributed by atoms with Gasteiger partial charge in [0.15, 0.2) is 0 Å². The predicted octanol–water partition coefficient (Wildman–Crippen LogP) is 26.7. The Kier molecular flexibility index (Phi) is 47.7. The SMILES string of the molecule is CC(C)[C@@H](O)c1cnc(C#C[Si](C)(C)CCCCC[Si](C)(C)CCCCC[Si](CCCCC[Si](C)(C)CCCCC[Si](C)(C)C#Cc2ncc([C@H](O)C(C)C)cn2)(CCCCC[Si](C)(C)CCCCC[Si](C)(C)C#Cc2ncc([C@H](O)C(C)C)cn2)CCCCC[Si](C)(C)CCCCC[Si](C)(C)C#Cc2ncc([C@H](O)C(C)C)cn2)nc1. The van der Waals surface area contributed by atoms with Crippen LogP contribution in [0.15, 0.2) is 49.6 Å². The highest BCUT2D eigenvalue weighted by Gasteiger charge is 2.33. The maximum Gasteiger partial charge on any atom is 0.204 e. The first-order valence-electron chi connectivity index (χ1n) is 47.0. The van der Waals surface area contributed by atoms with Gasteiger partial charge in [-0.2, -0.15) is 0 Å². The number of aliphatic hydroxyl groups is 4. The molecule has 4 aromatic heterocycles. The quantitative estimate of drug-likeness (QED) is 0.0187. The van der Waals surface area contributed by atoms with Crippen molar-refractivity contribution in [2.75, 3.05) is 0 Å². The molecule has 0 fully saturated rings. The van der Waals surface area contributed by atoms with E-state index in [1.54, 1.807) is 73.8 Å². The lowest BCUT2D eigenvalue weighted by Gasteiger charge is -2.34. The molecule has 4 heterocycles. The molecule has 0 radical (unpaired) electrons. The van der Waals surface area contributed by atoms with Crippen molar-refractivity contribution in [2.24, 2.45) is 23.7 Å². The van der Waals surface area contributed by atoms with Crippen LogP contribution in [0, 0.1) is 69.5 Å². The second-order valence-corrected chi connectivity index (χ2v) is 87.7. The van der Waals surface area contributed by atoms with Crippen molar-refractivity contribution in [2.45, 2.75) is 435 Å². The van der Waals surface area contributed by atoms with Gasteiger partial charge in [-0.3, -0.25) is 0 Å². The topological polar surface area (TPSA) is 184 Å². The molecule has 0 aliphatic heterocycles. The third-order valence-electron chi connectivity index (χ3n) is 25.5. The summed E-state index contributed by atoms with van der Waals surface area (Å²) in [5.41, 5.74) is 17.6. The van der Waals surface area contributed by atoms with Crippen molar-refractivity contribution in [1.29, 1.82) is 0 Å². The van der Waals surface area contributed by atoms with Crippen molar-refractivity contribution < 1.29 is 20.4 Å². The third kappa shape index (κ3) is 46.1. The standard InChI is InChI=1S/C96H172N8O4Si9/c1-81(2)93(105)85-73-97-89(98-74-85)49-69-113(17,18)61-37-25-33-53-109(9,10)57-41-29-45-65-117(66-46-30-42-58-110(11,12)54-34-26-38-62-114(19,20)70-50-90-99-75-86(76-100-90)94(106)82(3)4,67-47-31-43-59-111(13,14)55-35-27-39-63-115(21,22)71-51-91-101-77-87(78-102-91)95(107)83(5)6)68-48-32-44-60-112(15,16)56-36-28-40-64-116(23,24)72-52-92-103-79-88(80-104-92)96(108)84(7)8/h73-84,93-96,105-108H,25-48,53-68H2,1-24H3/t93-,94-,95-,96-/m1/s1. The number of unbranched alkanes of at least 4 members (excludes halogenated alkanes) is 16. The zero-order valence-corrected chi connectivity index (χ0v) is 88.4. The number of nitrogens with zero attached hydrogens (tertiary/aromatic N) is 8. The summed E-state index contributed by atoms with van der Waals surface area (Å²) in [5, 5.41) is 41.9. The number of hydrogen-bond donors (Lipinski definition) is 4. The first-order valence-corrected chi connectivity index (χ1v) is 76.3. The lowest BCUT2D eigenvalue weighted by Crippen LogP contribution is -2.34. The van der Waals surface area contributed by atoms with Crippen LogP contribution in [0.5, 0.6) is 0 Å². The maximum atomic E-state index is 10.5. The van der Waals surface area contributed by atoms with Crippen LogP contribution in [0.1, 0.15) is 279 Å². The van der Waals surface area contributed by atoms with Gasteiger partial charge in [0.05, 0.1) is 32.5 Å². The molecule has 4 rings (SSSR count). The van der Waals surface area contributed by atoms with E-state index in [1.165, 1.54) is 227 Å². The molecular formula is C96H172N8O4Si9. The summed E-state index contributed by atoms with van der Waals surface area (Å²) in [7, 11) is -13.6. The van der Waals surface area contributed by atoms with Gasteiger partial charge in [0.25, 0.3) is 0 Å². The van der Waals surface area contributed by atoms with E-state index in [0.29, 0.717) is 23.3 Å². The molecule has 0 aliphatic rings. The van der Waals surface area contributed by atoms with Gasteiger partial charge in [-0.05, 0) is 71.5 Å². The van der Waals surface area contributed by atoms with Crippen molar-refractivity contribution in [3.05, 3.63) is 95.1 Å². The molecule has 0 aromatic carbocycles. The van der Waals surface area contributed by atoms with Crippen LogP contribution < -0.4 is 0 Å². The highest BCUT2D eigenvalue weighted by molar-refractivity contribution is 6.86. The number of aromatic nitrogens is 8. The lowest BCUT2D eigenvalue weighted by molar-refractivity contribution is 0.126. The van der Waals surface area contributed by atoms with E-state index in [2.05, 4.69) is 190 Å². The molecule has 0 unspecified atom stereocenters. The van der Waals surface area contributed by atoms with Gasteiger partial charge in [-0.1, -0.05) is 387 Å². The summed E-state index contributed by atoms with van der Waals surface area (Å²) >= 11 is 0. The monoisotopic (exact) mass is 1750 g/mol. The second kappa shape index (κ2) is 52.9. The summed E-state index contributed by atoms with van der Waals surface area (Å²) in [6.45, 7) is 56.8. The van der Waals surface area contributed by atoms with Gasteiger partial charge in [-0.25, -0.2) is 39.9 Å². The Labute approximate surface area is 727 Å². The highest BCUT2D eigenvalue weighted by atomic mass is 28.3. The third-order valence-corrected chi connectivity index (χ3v) is 54.4. The van der Waals surface area contributed by atoms with Gasteiger partial charge in [0.2, 0.25) is 23.3 Å². The van der Waals surface area contributed by atoms with Gasteiger partial charge >= 0.3 is 0 Å². The zero-order chi connectivity index (χ0) is 87.0. The van der Waals surface area contributed by atoms with Crippen LogP contribution in [-0.4, -0.2) is 133 Å². The fraction of sp³-hybridized carbons (Fsp3) is 0.750. The van der Waals surface area contributed by atoms with Crippen molar-refractivity contribution in [3.8, 4) is 45.9 Å². The van der Waals surface area contributed by atoms with Gasteiger partial charge < -0.3 is 20.4 Å². The van der Waals surface area contributed by atoms with Crippen LogP contribution in [0.3, 0.4) is 0 Å². The summed E-state index contributed by atoms with van der Waals surface area (Å²) < 4.78 is 0. The van der Waals surface area contributed by atoms with E-state index in [1.807, 2.05) is 55.4 Å². The Balaban J connectivity index is 1.41. The van der Waals surface area contributed by atoms with E-state index < -0.39 is 97.1 Å². The minimum absolute atomic E-state index is 0.122. The maximum absolute atomic E-state index is 10.5. The van der Waals surface area contributed by atoms with Crippen molar-refractivity contribution >= 4 is 72.7 Å². The minimum Gasteiger partial charge on any atom is -0.388 e. The summed E-state index contributed by atoms with van der Waals surface area (Å²) in [6, 6.07) is 22.8. The summed E-state index contributed by atoms with van der Waals surface area (Å²) in [4.78, 5) is 36.0. The molecule has 4 aromatic rings. The molecule has 0 bridgehead atoms. The molecule has 117 heavy (non-hydrogen) atoms. The van der Waals surface area contributed by atoms with Crippen LogP contribution in [0.4, 0.5) is 0 Å². The van der Waals surface area contributed by atoms with Crippen LogP contribution in [0.2, 0.25) is 201 Å². The van der Waals surface area contributed by atoms with E-state index >= 15 is 0 Å². The van der Waals surface area contributed by atoms with Crippen molar-refractivity contribution in [3.63, 3.8) is 0 Å². The van der Waals surface area contributed by atoms with E-state index in [0.717, 1.165) is 22.3 Å². The average molecular weight is 1760 g/mol. The number of hydrogen-bond acceptors (Lipinski definition) is 12. The first-order chi connectivity index (χ1) is 54.8. The predicted molar refractivity (Wildman–Crippen MR) is 528 cm³/mol. The average Bonchev–Trinajstić information content (AvgIpc) is 0.876. The molecule has 0 amide bonds. The highest BCUT2D eigenvalue weighted by Crippen LogP contribution is 2.38. The second-order valence-electron chi connectivity index (χ2n) is 43.3. The molecule has 12 nitrogen and oxygen atoms in total. The van der Waals surface area contributed by atoms with E-state index in [-0.39, 0.29) is 23.7 Å². The van der Waals surface area contributed by atoms with E-state index in [9.17, 15) is 20.4 Å². The minimum atomic E-state index is -1.71. The molecule has 0 saturated heterocycles. The van der Waals surface area contributed by atoms with Gasteiger partial charge in [0, 0.05) is 104 Å². The number of aliphatic hydroxyl groups excluding tert-OH is 4. The Bertz CT molecular complexity index is 3210. The Morgan fingerprint density at radius 2 is 0.350 bits per heavy atom. The summed E-state index contributed by atoms with van der Waals surface area (Å²) in [6.07, 6.45) is 44.8. The molecule has 4 N–H and O–H groups in total. The fourth-order valence-electron chi connectivity index (χ4n) is 16.7. The Hall–Kier alpha value is -3.65. The lowest BCUT2D eigenvalue weighted by atomic mass is 10.0. The smallest absolute Gasteiger partial charge is 0.204 e. The molecule has 0 spiro atoms. The van der Waals surface area contributed by atoms with Gasteiger partial charge in [0.1, 0.15) is 32.3 Å². The molecule has 21 heteroatoms. The van der Waals surface area contributed by atoms with Crippen molar-refractivity contribution in [1.82, 2.24) is 39.9 Å². The zero-order valence-electron chi connectivity index (χ0n) is 79.4. The number of rotatable bonds is 56. The van der Waals surface area contributed by atoms with Gasteiger partial charge in [-0.15, -0.1) is 22.2 Å². The largest absolute Gasteiger partial charge is 0.388 e. The molecule has 0 saturated carbocycles. The fourth-order valence-corrected chi connectivity index (χ4v) is 39.7. The molecule has 656 valence electrons. The molecule has 0 aliphatic carbocycles. The molecule has 4 atom stereocenters.